The molecule has 0 saturated carbocycles. The van der Waals surface area contributed by atoms with Gasteiger partial charge in [-0.05, 0) is 46.1 Å². The van der Waals surface area contributed by atoms with Gasteiger partial charge in [-0.1, -0.05) is 0 Å². The molecular formula is C15H12N6O3S2. The summed E-state index contributed by atoms with van der Waals surface area (Å²) in [6, 6.07) is 7.99. The highest BCUT2D eigenvalue weighted by Gasteiger charge is 2.13. The van der Waals surface area contributed by atoms with Crippen LogP contribution in [0.1, 0.15) is 5.82 Å². The number of sulfone groups is 1. The van der Waals surface area contributed by atoms with Crippen molar-refractivity contribution in [3.05, 3.63) is 58.2 Å². The molecule has 26 heavy (non-hydrogen) atoms. The van der Waals surface area contributed by atoms with E-state index >= 15 is 0 Å². The molecule has 0 radical (unpaired) electrons. The van der Waals surface area contributed by atoms with E-state index in [2.05, 4.69) is 20.5 Å². The number of hydrogen-bond donors (Lipinski definition) is 0. The smallest absolute Gasteiger partial charge is 0.271 e. The Kier molecular flexibility index (Phi) is 3.89. The molecule has 0 saturated heterocycles. The quantitative estimate of drug-likeness (QED) is 0.510. The van der Waals surface area contributed by atoms with E-state index in [1.165, 1.54) is 39.0 Å². The number of fused-ring (bicyclic) bond motifs is 1. The molecule has 0 bridgehead atoms. The minimum absolute atomic E-state index is 0.139. The molecule has 0 aliphatic carbocycles. The zero-order valence-corrected chi connectivity index (χ0v) is 15.1. The van der Waals surface area contributed by atoms with E-state index in [0.29, 0.717) is 21.7 Å². The monoisotopic (exact) mass is 388 g/mol. The van der Waals surface area contributed by atoms with E-state index in [1.54, 1.807) is 18.2 Å². The molecule has 9 nitrogen and oxygen atoms in total. The van der Waals surface area contributed by atoms with Crippen molar-refractivity contribution in [1.82, 2.24) is 29.8 Å². The first-order chi connectivity index (χ1) is 12.4. The van der Waals surface area contributed by atoms with Crippen molar-refractivity contribution in [3.63, 3.8) is 0 Å². The lowest BCUT2D eigenvalue weighted by Crippen LogP contribution is -2.22. The first-order valence-electron chi connectivity index (χ1n) is 7.44. The van der Waals surface area contributed by atoms with Crippen molar-refractivity contribution < 1.29 is 8.42 Å². The Balaban J connectivity index is 1.70. The van der Waals surface area contributed by atoms with Crippen molar-refractivity contribution in [1.29, 1.82) is 0 Å². The molecule has 4 rings (SSSR count). The summed E-state index contributed by atoms with van der Waals surface area (Å²) in [5.41, 5.74) is 1.09. The SMILES string of the molecule is CS(=O)(=O)c1ccc(-n2nnnc2Cn2cnc3ccsc3c2=O)cc1. The average Bonchev–Trinajstić information content (AvgIpc) is 3.26. The fourth-order valence-electron chi connectivity index (χ4n) is 2.48. The molecule has 11 heteroatoms. The van der Waals surface area contributed by atoms with Gasteiger partial charge in [-0.15, -0.1) is 16.4 Å². The van der Waals surface area contributed by atoms with Crippen molar-refractivity contribution in [2.24, 2.45) is 0 Å². The third kappa shape index (κ3) is 2.91. The Morgan fingerprint density at radius 2 is 1.92 bits per heavy atom. The van der Waals surface area contributed by atoms with Crippen molar-refractivity contribution in [2.45, 2.75) is 11.4 Å². The molecule has 0 aliphatic rings. The van der Waals surface area contributed by atoms with E-state index in [1.807, 2.05) is 5.38 Å². The topological polar surface area (TPSA) is 113 Å². The van der Waals surface area contributed by atoms with Crippen LogP contribution in [0, 0.1) is 0 Å². The molecule has 0 spiro atoms. The molecule has 0 atom stereocenters. The predicted molar refractivity (Wildman–Crippen MR) is 95.2 cm³/mol. The Labute approximate surface area is 151 Å². The highest BCUT2D eigenvalue weighted by atomic mass is 32.2. The zero-order chi connectivity index (χ0) is 18.3. The molecule has 0 amide bonds. The van der Waals surface area contributed by atoms with Crippen LogP contribution in [-0.2, 0) is 16.4 Å². The van der Waals surface area contributed by atoms with Gasteiger partial charge in [0.05, 0.1) is 29.0 Å². The Morgan fingerprint density at radius 1 is 1.15 bits per heavy atom. The summed E-state index contributed by atoms with van der Waals surface area (Å²) in [7, 11) is -3.28. The van der Waals surface area contributed by atoms with Crippen LogP contribution in [0.2, 0.25) is 0 Å². The first-order valence-corrected chi connectivity index (χ1v) is 10.2. The summed E-state index contributed by atoms with van der Waals surface area (Å²) in [6.45, 7) is 0.139. The molecular weight excluding hydrogens is 376 g/mol. The predicted octanol–water partition coefficient (Wildman–Crippen LogP) is 0.885. The number of rotatable bonds is 4. The standard InChI is InChI=1S/C15H12N6O3S2/c1-26(23,24)11-4-2-10(3-5-11)21-13(17-18-19-21)8-20-9-16-12-6-7-25-14(12)15(20)22/h2-7,9H,8H2,1H3. The molecule has 0 fully saturated rings. The Hall–Kier alpha value is -2.92. The zero-order valence-electron chi connectivity index (χ0n) is 13.5. The van der Waals surface area contributed by atoms with Crippen molar-refractivity contribution in [2.75, 3.05) is 6.26 Å². The van der Waals surface area contributed by atoms with Crippen LogP contribution < -0.4 is 5.56 Å². The maximum atomic E-state index is 12.5. The van der Waals surface area contributed by atoms with Gasteiger partial charge in [-0.25, -0.2) is 13.4 Å². The largest absolute Gasteiger partial charge is 0.290 e. The van der Waals surface area contributed by atoms with Gasteiger partial charge in [-0.2, -0.15) is 4.68 Å². The van der Waals surface area contributed by atoms with Gasteiger partial charge in [0.1, 0.15) is 4.70 Å². The van der Waals surface area contributed by atoms with Crippen molar-refractivity contribution >= 4 is 31.4 Å². The summed E-state index contributed by atoms with van der Waals surface area (Å²) in [5.74, 6) is 0.428. The van der Waals surface area contributed by atoms with Gasteiger partial charge in [0.2, 0.25) is 0 Å². The van der Waals surface area contributed by atoms with E-state index in [-0.39, 0.29) is 17.0 Å². The van der Waals surface area contributed by atoms with E-state index < -0.39 is 9.84 Å². The van der Waals surface area contributed by atoms with Crippen LogP contribution in [0.15, 0.2) is 51.7 Å². The van der Waals surface area contributed by atoms with E-state index in [9.17, 15) is 13.2 Å². The van der Waals surface area contributed by atoms with Crippen LogP contribution >= 0.6 is 11.3 Å². The molecule has 0 N–H and O–H groups in total. The molecule has 4 aromatic rings. The lowest BCUT2D eigenvalue weighted by molar-refractivity contribution is 0.602. The molecule has 3 aromatic heterocycles. The fourth-order valence-corrected chi connectivity index (χ4v) is 3.91. The number of aromatic nitrogens is 6. The third-order valence-electron chi connectivity index (χ3n) is 3.79. The summed E-state index contributed by atoms with van der Waals surface area (Å²) < 4.78 is 26.6. The minimum Gasteiger partial charge on any atom is -0.290 e. The van der Waals surface area contributed by atoms with Gasteiger partial charge in [-0.3, -0.25) is 9.36 Å². The van der Waals surface area contributed by atoms with Gasteiger partial charge in [0, 0.05) is 6.26 Å². The highest BCUT2D eigenvalue weighted by Crippen LogP contribution is 2.15. The van der Waals surface area contributed by atoms with Crippen LogP contribution in [0.5, 0.6) is 0 Å². The number of tetrazole rings is 1. The molecule has 1 aromatic carbocycles. The lowest BCUT2D eigenvalue weighted by atomic mass is 10.3. The third-order valence-corrected chi connectivity index (χ3v) is 5.81. The Bertz CT molecular complexity index is 1250. The second kappa shape index (κ2) is 6.11. The summed E-state index contributed by atoms with van der Waals surface area (Å²) in [4.78, 5) is 17.0. The summed E-state index contributed by atoms with van der Waals surface area (Å²) in [5, 5.41) is 13.4. The normalized spacial score (nSPS) is 11.9. The Morgan fingerprint density at radius 3 is 2.65 bits per heavy atom. The maximum absolute atomic E-state index is 12.5. The first kappa shape index (κ1) is 16.5. The van der Waals surface area contributed by atoms with Crippen molar-refractivity contribution in [3.8, 4) is 5.69 Å². The van der Waals surface area contributed by atoms with Gasteiger partial charge in [0.25, 0.3) is 5.56 Å². The van der Waals surface area contributed by atoms with Crippen LogP contribution in [0.4, 0.5) is 0 Å². The number of nitrogens with zero attached hydrogens (tertiary/aromatic N) is 6. The maximum Gasteiger partial charge on any atom is 0.271 e. The molecule has 132 valence electrons. The molecule has 3 heterocycles. The molecule has 0 unspecified atom stereocenters. The van der Waals surface area contributed by atoms with Gasteiger partial charge >= 0.3 is 0 Å². The highest BCUT2D eigenvalue weighted by molar-refractivity contribution is 7.90. The lowest BCUT2D eigenvalue weighted by Gasteiger charge is -2.07. The average molecular weight is 388 g/mol. The number of thiophene rings is 1. The summed E-state index contributed by atoms with van der Waals surface area (Å²) >= 11 is 1.33. The number of hydrogen-bond acceptors (Lipinski definition) is 8. The second-order valence-corrected chi connectivity index (χ2v) is 8.52. The van der Waals surface area contributed by atoms with E-state index in [0.717, 1.165) is 6.26 Å². The van der Waals surface area contributed by atoms with Gasteiger partial charge < -0.3 is 0 Å². The van der Waals surface area contributed by atoms with Crippen LogP contribution in [0.25, 0.3) is 15.9 Å². The fraction of sp³-hybridized carbons (Fsp3) is 0.133. The minimum atomic E-state index is -3.28. The summed E-state index contributed by atoms with van der Waals surface area (Å²) in [6.07, 6.45) is 2.60. The van der Waals surface area contributed by atoms with Crippen LogP contribution in [0.3, 0.4) is 0 Å². The van der Waals surface area contributed by atoms with Crippen LogP contribution in [-0.4, -0.2) is 44.4 Å². The number of benzene rings is 1. The second-order valence-electron chi connectivity index (χ2n) is 5.59. The van der Waals surface area contributed by atoms with Gasteiger partial charge in [0.15, 0.2) is 15.7 Å². The molecule has 0 aliphatic heterocycles. The van der Waals surface area contributed by atoms with E-state index in [4.69, 9.17) is 0 Å².